The molecule has 1 amide bonds. The molecular formula is C21H30N6O2. The van der Waals surface area contributed by atoms with Gasteiger partial charge in [-0.05, 0) is 63.1 Å². The normalized spacial score (nSPS) is 18.9. The van der Waals surface area contributed by atoms with Crippen LogP contribution >= 0.6 is 0 Å². The fraction of sp³-hybridized carbons (Fsp3) is 0.476. The van der Waals surface area contributed by atoms with Gasteiger partial charge < -0.3 is 25.7 Å². The number of nitrogens with one attached hydrogen (secondary N) is 2. The zero-order valence-corrected chi connectivity index (χ0v) is 16.7. The Kier molecular flexibility index (Phi) is 7.77. The Labute approximate surface area is 171 Å². The van der Waals surface area contributed by atoms with Crippen molar-refractivity contribution in [3.05, 3.63) is 36.4 Å². The van der Waals surface area contributed by atoms with Crippen LogP contribution in [-0.4, -0.2) is 66.6 Å². The molecule has 0 unspecified atom stereocenters. The van der Waals surface area contributed by atoms with E-state index in [-0.39, 0.29) is 12.6 Å². The van der Waals surface area contributed by atoms with Crippen molar-refractivity contribution >= 4 is 23.7 Å². The number of anilines is 1. The quantitative estimate of drug-likeness (QED) is 0.483. The maximum atomic E-state index is 12.7. The van der Waals surface area contributed by atoms with Gasteiger partial charge in [0.1, 0.15) is 0 Å². The summed E-state index contributed by atoms with van der Waals surface area (Å²) in [4.78, 5) is 17.0. The van der Waals surface area contributed by atoms with E-state index in [1.54, 1.807) is 29.2 Å². The summed E-state index contributed by atoms with van der Waals surface area (Å²) in [6.45, 7) is 4.05. The van der Waals surface area contributed by atoms with Gasteiger partial charge in [0.15, 0.2) is 5.75 Å². The van der Waals surface area contributed by atoms with Crippen molar-refractivity contribution in [3.63, 3.8) is 0 Å². The monoisotopic (exact) mass is 398 g/mol. The zero-order valence-electron chi connectivity index (χ0n) is 16.7. The van der Waals surface area contributed by atoms with Crippen molar-refractivity contribution in [2.24, 2.45) is 10.8 Å². The van der Waals surface area contributed by atoms with E-state index in [0.29, 0.717) is 23.2 Å². The molecule has 3 rings (SSSR count). The Morgan fingerprint density at radius 3 is 2.66 bits per heavy atom. The van der Waals surface area contributed by atoms with Gasteiger partial charge >= 0.3 is 6.09 Å². The predicted octanol–water partition coefficient (Wildman–Crippen LogP) is 2.68. The fourth-order valence-corrected chi connectivity index (χ4v) is 3.77. The van der Waals surface area contributed by atoms with Gasteiger partial charge in [-0.2, -0.15) is 5.10 Å². The molecule has 1 aromatic rings. The second-order valence-corrected chi connectivity index (χ2v) is 7.27. The van der Waals surface area contributed by atoms with Gasteiger partial charge in [-0.25, -0.2) is 4.79 Å². The molecule has 29 heavy (non-hydrogen) atoms. The van der Waals surface area contributed by atoms with Crippen LogP contribution in [0.2, 0.25) is 0 Å². The highest BCUT2D eigenvalue weighted by atomic mass is 16.6. The molecule has 2 aliphatic rings. The molecule has 0 atom stereocenters. The third kappa shape index (κ3) is 5.88. The van der Waals surface area contributed by atoms with Crippen molar-refractivity contribution < 1.29 is 9.53 Å². The number of amides is 1. The van der Waals surface area contributed by atoms with Crippen LogP contribution in [0.1, 0.15) is 25.7 Å². The number of nitrogens with zero attached hydrogens (tertiary/aromatic N) is 3. The van der Waals surface area contributed by atoms with E-state index in [9.17, 15) is 4.79 Å². The number of allylic oxidation sites excluding steroid dienone is 1. The molecule has 2 saturated heterocycles. The second kappa shape index (κ2) is 10.7. The molecule has 0 radical (unpaired) electrons. The molecule has 0 bridgehead atoms. The van der Waals surface area contributed by atoms with Gasteiger partial charge in [0, 0.05) is 31.9 Å². The molecule has 0 aliphatic carbocycles. The Morgan fingerprint density at radius 1 is 1.24 bits per heavy atom. The number of rotatable bonds is 7. The van der Waals surface area contributed by atoms with Crippen LogP contribution in [0.15, 0.2) is 41.5 Å². The summed E-state index contributed by atoms with van der Waals surface area (Å²) < 4.78 is 5.65. The lowest BCUT2D eigenvalue weighted by molar-refractivity contribution is 0.110. The Hall–Kier alpha value is -2.71. The largest absolute Gasteiger partial charge is 0.415 e. The topological polar surface area (TPSA) is 107 Å². The Balaban J connectivity index is 1.57. The lowest BCUT2D eigenvalue weighted by Gasteiger charge is -2.36. The smallest absolute Gasteiger partial charge is 0.408 e. The first-order valence-electron chi connectivity index (χ1n) is 10.2. The van der Waals surface area contributed by atoms with Gasteiger partial charge in [-0.3, -0.25) is 5.43 Å². The van der Waals surface area contributed by atoms with E-state index in [1.807, 2.05) is 12.1 Å². The van der Waals surface area contributed by atoms with E-state index in [4.69, 9.17) is 15.9 Å². The Bertz CT molecular complexity index is 749. The lowest BCUT2D eigenvalue weighted by Crippen LogP contribution is -2.46. The predicted molar refractivity (Wildman–Crippen MR) is 116 cm³/mol. The van der Waals surface area contributed by atoms with E-state index in [2.05, 4.69) is 15.4 Å². The van der Waals surface area contributed by atoms with Crippen LogP contribution in [0.4, 0.5) is 10.5 Å². The van der Waals surface area contributed by atoms with Crippen molar-refractivity contribution in [2.75, 3.05) is 38.1 Å². The molecule has 0 spiro atoms. The third-order valence-corrected chi connectivity index (χ3v) is 5.38. The molecule has 1 aromatic carbocycles. The number of benzene rings is 1. The summed E-state index contributed by atoms with van der Waals surface area (Å²) >= 11 is 0. The average Bonchev–Trinajstić information content (AvgIpc) is 3.30. The van der Waals surface area contributed by atoms with Crippen molar-refractivity contribution in [2.45, 2.75) is 31.7 Å². The minimum Gasteiger partial charge on any atom is -0.408 e. The minimum atomic E-state index is -0.328. The molecule has 8 heteroatoms. The van der Waals surface area contributed by atoms with E-state index in [0.717, 1.165) is 32.1 Å². The average molecular weight is 399 g/mol. The molecule has 0 saturated carbocycles. The fourth-order valence-electron chi connectivity index (χ4n) is 3.77. The van der Waals surface area contributed by atoms with Crippen LogP contribution < -0.4 is 15.9 Å². The number of hydrogen-bond acceptors (Lipinski definition) is 7. The molecule has 0 aromatic heterocycles. The number of ether oxygens (including phenoxy) is 1. The molecule has 2 aliphatic heterocycles. The highest BCUT2D eigenvalue weighted by Gasteiger charge is 2.29. The molecule has 8 nitrogen and oxygen atoms in total. The van der Waals surface area contributed by atoms with Crippen LogP contribution in [0.5, 0.6) is 5.75 Å². The number of piperidine rings is 1. The van der Waals surface area contributed by atoms with Crippen molar-refractivity contribution in [1.29, 1.82) is 5.41 Å². The zero-order chi connectivity index (χ0) is 20.5. The lowest BCUT2D eigenvalue weighted by atomic mass is 10.0. The summed E-state index contributed by atoms with van der Waals surface area (Å²) in [7, 11) is 0. The number of carbonyl (C=O) groups excluding carboxylic acids is 1. The van der Waals surface area contributed by atoms with Gasteiger partial charge in [0.05, 0.1) is 11.4 Å². The van der Waals surface area contributed by atoms with Crippen LogP contribution in [0.25, 0.3) is 0 Å². The minimum absolute atomic E-state index is 0.227. The third-order valence-electron chi connectivity index (χ3n) is 5.38. The number of likely N-dealkylation sites (tertiary alicyclic amines) is 2. The van der Waals surface area contributed by atoms with Gasteiger partial charge in [-0.1, -0.05) is 12.1 Å². The number of carbonyl (C=O) groups is 1. The molecule has 4 N–H and O–H groups in total. The number of hydrogen-bond donors (Lipinski definition) is 3. The first-order chi connectivity index (χ1) is 14.2. The van der Waals surface area contributed by atoms with Crippen LogP contribution in [0, 0.1) is 5.41 Å². The van der Waals surface area contributed by atoms with E-state index >= 15 is 0 Å². The summed E-state index contributed by atoms with van der Waals surface area (Å²) in [6.07, 6.45) is 8.61. The number of hydrazone groups is 1. The van der Waals surface area contributed by atoms with Gasteiger partial charge in [0.2, 0.25) is 0 Å². The molecule has 2 heterocycles. The van der Waals surface area contributed by atoms with Crippen LogP contribution in [-0.2, 0) is 0 Å². The Morgan fingerprint density at radius 2 is 1.97 bits per heavy atom. The first kappa shape index (κ1) is 21.0. The van der Waals surface area contributed by atoms with Crippen molar-refractivity contribution in [3.8, 4) is 5.75 Å². The molecule has 156 valence electrons. The maximum Gasteiger partial charge on any atom is 0.415 e. The van der Waals surface area contributed by atoms with Gasteiger partial charge in [-0.15, -0.1) is 0 Å². The second-order valence-electron chi connectivity index (χ2n) is 7.27. The van der Waals surface area contributed by atoms with E-state index in [1.165, 1.54) is 25.9 Å². The van der Waals surface area contributed by atoms with E-state index < -0.39 is 0 Å². The highest BCUT2D eigenvalue weighted by Crippen LogP contribution is 2.26. The molecular weight excluding hydrogens is 368 g/mol. The van der Waals surface area contributed by atoms with Gasteiger partial charge in [0.25, 0.3) is 0 Å². The standard InChI is InChI=1S/C21H30N6O2/c22-11-5-6-17(16-23)24-25-19-7-1-2-8-20(19)29-21(28)27-14-9-18(10-15-27)26-12-3-4-13-26/h1-2,5-8,11,18,22,25H,3-4,9-10,12-16,23H2. The number of para-hydroxylation sites is 2. The number of nitrogens with two attached hydrogens (primary N) is 1. The summed E-state index contributed by atoms with van der Waals surface area (Å²) in [6, 6.07) is 7.78. The summed E-state index contributed by atoms with van der Waals surface area (Å²) in [5, 5.41) is 11.3. The first-order valence-corrected chi connectivity index (χ1v) is 10.2. The molecule has 2 fully saturated rings. The summed E-state index contributed by atoms with van der Waals surface area (Å²) in [5.74, 6) is 0.426. The summed E-state index contributed by atoms with van der Waals surface area (Å²) in [5.41, 5.74) is 9.73. The SMILES string of the molecule is N=CC=CC(CN)=NNc1ccccc1OC(=O)N1CCC(N2CCCC2)CC1. The van der Waals surface area contributed by atoms with Crippen molar-refractivity contribution in [1.82, 2.24) is 9.80 Å². The highest BCUT2D eigenvalue weighted by molar-refractivity contribution is 5.99. The van der Waals surface area contributed by atoms with Crippen LogP contribution in [0.3, 0.4) is 0 Å². The maximum absolute atomic E-state index is 12.7.